The van der Waals surface area contributed by atoms with Crippen molar-refractivity contribution in [1.82, 2.24) is 0 Å². The Morgan fingerprint density at radius 3 is 2.21 bits per heavy atom. The van der Waals surface area contributed by atoms with E-state index in [2.05, 4.69) is 0 Å². The Labute approximate surface area is 271 Å². The number of esters is 1. The van der Waals surface area contributed by atoms with E-state index in [1.165, 1.54) is 39.4 Å². The van der Waals surface area contributed by atoms with Crippen molar-refractivity contribution in [2.24, 2.45) is 0 Å². The van der Waals surface area contributed by atoms with E-state index in [0.29, 0.717) is 12.0 Å². The summed E-state index contributed by atoms with van der Waals surface area (Å²) >= 11 is 0. The van der Waals surface area contributed by atoms with Crippen LogP contribution in [-0.2, 0) is 34.9 Å². The van der Waals surface area contributed by atoms with Crippen LogP contribution in [0.1, 0.15) is 24.5 Å². The number of benzene rings is 2. The van der Waals surface area contributed by atoms with Crippen LogP contribution in [0.25, 0.3) is 6.08 Å². The number of hydrogen-bond acceptors (Lipinski definition) is 15. The Morgan fingerprint density at radius 2 is 1.53 bits per heavy atom. The van der Waals surface area contributed by atoms with Crippen molar-refractivity contribution >= 4 is 12.0 Å². The standard InChI is InChI=1S/C32H42O15/c1-16-25(37)26(38)27(39)31(44-16)47-30-28(40)29(46-24(36)6-4-5-17-7-9-19(34)21(13-17)41-2)23(15-33)45-32(30)43-12-11-18-8-10-20(35)22(14-18)42-3/h4-5,7-10,13-14,16,23,25-35,37-40H,6,11-12,15H2,1-3H3. The van der Waals surface area contributed by atoms with Crippen molar-refractivity contribution in [2.75, 3.05) is 27.4 Å². The molecule has 2 saturated heterocycles. The highest BCUT2D eigenvalue weighted by atomic mass is 16.8. The van der Waals surface area contributed by atoms with Gasteiger partial charge in [0.2, 0.25) is 0 Å². The van der Waals surface area contributed by atoms with Gasteiger partial charge in [0.25, 0.3) is 0 Å². The molecule has 0 saturated carbocycles. The Hall–Kier alpha value is -3.51. The van der Waals surface area contributed by atoms with Gasteiger partial charge in [-0.25, -0.2) is 0 Å². The average Bonchev–Trinajstić information content (AvgIpc) is 3.06. The summed E-state index contributed by atoms with van der Waals surface area (Å²) < 4.78 is 38.9. The monoisotopic (exact) mass is 666 g/mol. The third kappa shape index (κ3) is 8.90. The summed E-state index contributed by atoms with van der Waals surface area (Å²) in [6, 6.07) is 9.34. The molecular formula is C32H42O15. The SMILES string of the molecule is COc1cc(C=CCC(=O)OC2C(CO)OC(OCCc3ccc(O)c(OC)c3)C(OC3OC(C)C(O)C(O)C3O)C2O)ccc1O. The maximum Gasteiger partial charge on any atom is 0.310 e. The first-order chi connectivity index (χ1) is 22.5. The maximum atomic E-state index is 12.8. The molecule has 0 bridgehead atoms. The predicted octanol–water partition coefficient (Wildman–Crippen LogP) is -0.0198. The summed E-state index contributed by atoms with van der Waals surface area (Å²) in [5.74, 6) is -0.361. The van der Waals surface area contributed by atoms with E-state index >= 15 is 0 Å². The van der Waals surface area contributed by atoms with Crippen molar-refractivity contribution in [3.05, 3.63) is 53.6 Å². The first-order valence-corrected chi connectivity index (χ1v) is 15.0. The zero-order chi connectivity index (χ0) is 34.2. The third-order valence-electron chi connectivity index (χ3n) is 7.88. The number of aliphatic hydroxyl groups is 5. The van der Waals surface area contributed by atoms with Gasteiger partial charge in [0.15, 0.2) is 41.7 Å². The fourth-order valence-corrected chi connectivity index (χ4v) is 5.21. The molecule has 7 N–H and O–H groups in total. The molecule has 15 heteroatoms. The van der Waals surface area contributed by atoms with Gasteiger partial charge in [0.1, 0.15) is 36.6 Å². The number of carbonyl (C=O) groups excluding carboxylic acids is 1. The van der Waals surface area contributed by atoms with Gasteiger partial charge in [-0.05, 0) is 48.7 Å². The molecule has 2 aromatic rings. The molecule has 2 aromatic carbocycles. The second kappa shape index (κ2) is 16.5. The van der Waals surface area contributed by atoms with Crippen LogP contribution in [-0.4, -0.2) is 131 Å². The quantitative estimate of drug-likeness (QED) is 0.140. The van der Waals surface area contributed by atoms with Crippen molar-refractivity contribution in [1.29, 1.82) is 0 Å². The lowest BCUT2D eigenvalue weighted by atomic mass is 9.97. The van der Waals surface area contributed by atoms with Crippen LogP contribution in [0.5, 0.6) is 23.0 Å². The summed E-state index contributed by atoms with van der Waals surface area (Å²) in [4.78, 5) is 12.8. The van der Waals surface area contributed by atoms with Crippen LogP contribution in [0.3, 0.4) is 0 Å². The number of aliphatic hydroxyl groups excluding tert-OH is 5. The fraction of sp³-hybridized carbons (Fsp3) is 0.531. The minimum absolute atomic E-state index is 0.00750. The molecule has 2 heterocycles. The van der Waals surface area contributed by atoms with E-state index in [-0.39, 0.29) is 36.0 Å². The molecule has 0 aromatic heterocycles. The smallest absolute Gasteiger partial charge is 0.310 e. The van der Waals surface area contributed by atoms with Crippen molar-refractivity contribution in [2.45, 2.75) is 81.2 Å². The molecule has 0 spiro atoms. The minimum atomic E-state index is -1.72. The average molecular weight is 667 g/mol. The molecule has 0 amide bonds. The lowest BCUT2D eigenvalue weighted by Crippen LogP contribution is -2.64. The Balaban J connectivity index is 1.48. The highest BCUT2D eigenvalue weighted by molar-refractivity contribution is 5.73. The topological polar surface area (TPSA) is 223 Å². The number of phenolic OH excluding ortho intramolecular Hbond substituents is 2. The Kier molecular flexibility index (Phi) is 12.8. The molecule has 2 aliphatic heterocycles. The summed E-state index contributed by atoms with van der Waals surface area (Å²) in [5.41, 5.74) is 1.36. The second-order valence-corrected chi connectivity index (χ2v) is 11.1. The van der Waals surface area contributed by atoms with Gasteiger partial charge in [-0.2, -0.15) is 0 Å². The molecule has 15 nitrogen and oxygen atoms in total. The van der Waals surface area contributed by atoms with E-state index in [9.17, 15) is 40.5 Å². The normalized spacial score (nSPS) is 31.1. The van der Waals surface area contributed by atoms with Crippen molar-refractivity contribution < 1.29 is 73.7 Å². The van der Waals surface area contributed by atoms with E-state index < -0.39 is 74.0 Å². The number of methoxy groups -OCH3 is 2. The number of aromatic hydroxyl groups is 2. The number of phenols is 2. The molecule has 2 aliphatic rings. The van der Waals surface area contributed by atoms with Crippen molar-refractivity contribution in [3.8, 4) is 23.0 Å². The first-order valence-electron chi connectivity index (χ1n) is 15.0. The van der Waals surface area contributed by atoms with Gasteiger partial charge < -0.3 is 68.9 Å². The van der Waals surface area contributed by atoms with Gasteiger partial charge in [-0.3, -0.25) is 4.79 Å². The fourth-order valence-electron chi connectivity index (χ4n) is 5.21. The highest BCUT2D eigenvalue weighted by Crippen LogP contribution is 2.32. The first kappa shape index (κ1) is 36.3. The molecule has 0 aliphatic carbocycles. The maximum absolute atomic E-state index is 12.8. The second-order valence-electron chi connectivity index (χ2n) is 11.1. The van der Waals surface area contributed by atoms with Crippen LogP contribution in [0.15, 0.2) is 42.5 Å². The van der Waals surface area contributed by atoms with Crippen LogP contribution in [0.4, 0.5) is 0 Å². The lowest BCUT2D eigenvalue weighted by molar-refractivity contribution is -0.364. The molecule has 4 rings (SSSR count). The van der Waals surface area contributed by atoms with Gasteiger partial charge in [0, 0.05) is 0 Å². The predicted molar refractivity (Wildman–Crippen MR) is 161 cm³/mol. The van der Waals surface area contributed by atoms with E-state index in [0.717, 1.165) is 5.56 Å². The summed E-state index contributed by atoms with van der Waals surface area (Å²) in [6.07, 6.45) is -11.3. The number of rotatable bonds is 13. The third-order valence-corrected chi connectivity index (χ3v) is 7.88. The van der Waals surface area contributed by atoms with Gasteiger partial charge in [0.05, 0.1) is 40.0 Å². The minimum Gasteiger partial charge on any atom is -0.504 e. The van der Waals surface area contributed by atoms with Crippen LogP contribution >= 0.6 is 0 Å². The zero-order valence-corrected chi connectivity index (χ0v) is 26.1. The summed E-state index contributed by atoms with van der Waals surface area (Å²) in [5, 5.41) is 72.1. The Bertz CT molecular complexity index is 1350. The molecule has 10 unspecified atom stereocenters. The molecule has 2 fully saturated rings. The molecule has 260 valence electrons. The highest BCUT2D eigenvalue weighted by Gasteiger charge is 2.52. The molecule has 0 radical (unpaired) electrons. The molecular weight excluding hydrogens is 624 g/mol. The van der Waals surface area contributed by atoms with Gasteiger partial charge >= 0.3 is 5.97 Å². The van der Waals surface area contributed by atoms with Crippen molar-refractivity contribution in [3.63, 3.8) is 0 Å². The number of hydrogen-bond donors (Lipinski definition) is 7. The molecule has 47 heavy (non-hydrogen) atoms. The lowest BCUT2D eigenvalue weighted by Gasteiger charge is -2.46. The summed E-state index contributed by atoms with van der Waals surface area (Å²) in [6.45, 7) is 0.773. The number of ether oxygens (including phenoxy) is 7. The van der Waals surface area contributed by atoms with Crippen LogP contribution in [0.2, 0.25) is 0 Å². The van der Waals surface area contributed by atoms with Gasteiger partial charge in [-0.1, -0.05) is 24.3 Å². The van der Waals surface area contributed by atoms with E-state index in [4.69, 9.17) is 33.2 Å². The summed E-state index contributed by atoms with van der Waals surface area (Å²) in [7, 11) is 2.82. The van der Waals surface area contributed by atoms with Crippen LogP contribution < -0.4 is 9.47 Å². The Morgan fingerprint density at radius 1 is 0.851 bits per heavy atom. The van der Waals surface area contributed by atoms with Crippen LogP contribution in [0, 0.1) is 0 Å². The van der Waals surface area contributed by atoms with E-state index in [1.807, 2.05) is 0 Å². The zero-order valence-electron chi connectivity index (χ0n) is 26.1. The number of carbonyl (C=O) groups is 1. The molecule has 10 atom stereocenters. The van der Waals surface area contributed by atoms with Gasteiger partial charge in [-0.15, -0.1) is 0 Å². The van der Waals surface area contributed by atoms with E-state index in [1.54, 1.807) is 30.3 Å². The largest absolute Gasteiger partial charge is 0.504 e.